The average molecular weight is 176 g/mol. The van der Waals surface area contributed by atoms with Crippen molar-refractivity contribution in [3.8, 4) is 0 Å². The van der Waals surface area contributed by atoms with Crippen LogP contribution in [0.3, 0.4) is 0 Å². The molecule has 0 fully saturated rings. The van der Waals surface area contributed by atoms with Gasteiger partial charge in [-0.3, -0.25) is 0 Å². The highest BCUT2D eigenvalue weighted by Crippen LogP contribution is 2.24. The first kappa shape index (κ1) is 8.30. The summed E-state index contributed by atoms with van der Waals surface area (Å²) in [5.41, 5.74) is 3.70. The van der Waals surface area contributed by atoms with Crippen LogP contribution in [-0.4, -0.2) is 9.97 Å². The first-order valence-corrected chi connectivity index (χ1v) is 4.51. The van der Waals surface area contributed by atoms with Crippen molar-refractivity contribution in [3.63, 3.8) is 0 Å². The van der Waals surface area contributed by atoms with E-state index in [-0.39, 0.29) is 6.84 Å². The molecule has 2 heteroatoms. The van der Waals surface area contributed by atoms with E-state index >= 15 is 0 Å². The quantitative estimate of drug-likeness (QED) is 0.656. The van der Waals surface area contributed by atoms with Crippen molar-refractivity contribution in [2.24, 2.45) is 0 Å². The molecule has 0 aliphatic carbocycles. The molecule has 0 amide bonds. The minimum absolute atomic E-state index is 0. The second-order valence-electron chi connectivity index (χ2n) is 4.38. The Kier molecular flexibility index (Phi) is 1.65. The molecule has 0 atom stereocenters. The second-order valence-corrected chi connectivity index (χ2v) is 4.38. The lowest BCUT2D eigenvalue weighted by atomic mass is 9.87. The molecule has 0 radical (unpaired) electrons. The molecule has 13 heavy (non-hydrogen) atoms. The lowest BCUT2D eigenvalue weighted by molar-refractivity contribution is 0.591. The summed E-state index contributed by atoms with van der Waals surface area (Å²) in [5.74, 6) is 0. The smallest absolute Gasteiger partial charge is 0.0931 e. The third-order valence-corrected chi connectivity index (χ3v) is 2.29. The normalized spacial score (nSPS) is 12.2. The number of hydrogen-bond donors (Lipinski definition) is 1. The highest BCUT2D eigenvalue weighted by atomic mass is 14.9. The van der Waals surface area contributed by atoms with Crippen molar-refractivity contribution < 1.29 is 1.43 Å². The number of aromatic nitrogens is 2. The number of rotatable bonds is 0. The summed E-state index contributed by atoms with van der Waals surface area (Å²) in [6.45, 7) is 6.64. The number of H-pyrrole nitrogens is 1. The molecule has 70 valence electrons. The minimum atomic E-state index is 0. The Morgan fingerprint density at radius 2 is 2.08 bits per heavy atom. The molecular formula is C11H16N2. The Balaban J connectivity index is 0.000000980. The van der Waals surface area contributed by atoms with Crippen LogP contribution in [0.4, 0.5) is 0 Å². The van der Waals surface area contributed by atoms with Crippen molar-refractivity contribution in [1.82, 2.24) is 9.97 Å². The van der Waals surface area contributed by atoms with Gasteiger partial charge in [0.15, 0.2) is 0 Å². The van der Waals surface area contributed by atoms with Crippen LogP contribution in [0.5, 0.6) is 0 Å². The van der Waals surface area contributed by atoms with Gasteiger partial charge >= 0.3 is 0 Å². The van der Waals surface area contributed by atoms with Crippen molar-refractivity contribution in [3.05, 3.63) is 30.1 Å². The molecule has 2 aromatic rings. The van der Waals surface area contributed by atoms with Crippen LogP contribution in [0.25, 0.3) is 11.0 Å². The Morgan fingerprint density at radius 1 is 1.31 bits per heavy atom. The zero-order valence-electron chi connectivity index (χ0n) is 8.26. The molecule has 0 unspecified atom stereocenters. The van der Waals surface area contributed by atoms with Crippen molar-refractivity contribution in [1.29, 1.82) is 0 Å². The van der Waals surface area contributed by atoms with Gasteiger partial charge in [-0.1, -0.05) is 26.8 Å². The van der Waals surface area contributed by atoms with E-state index in [0.29, 0.717) is 0 Å². The van der Waals surface area contributed by atoms with Gasteiger partial charge in [0.1, 0.15) is 0 Å². The first-order valence-electron chi connectivity index (χ1n) is 4.51. The molecule has 2 rings (SSSR count). The highest BCUT2D eigenvalue weighted by Gasteiger charge is 2.13. The fraction of sp³-hybridized carbons (Fsp3) is 0.364. The van der Waals surface area contributed by atoms with E-state index in [1.807, 2.05) is 0 Å². The van der Waals surface area contributed by atoms with Crippen LogP contribution in [0.2, 0.25) is 0 Å². The molecular weight excluding hydrogens is 160 g/mol. The van der Waals surface area contributed by atoms with Gasteiger partial charge in [0.25, 0.3) is 0 Å². The fourth-order valence-corrected chi connectivity index (χ4v) is 1.40. The van der Waals surface area contributed by atoms with E-state index in [1.165, 1.54) is 5.56 Å². The van der Waals surface area contributed by atoms with Crippen molar-refractivity contribution >= 4 is 11.0 Å². The number of fused-ring (bicyclic) bond motifs is 1. The van der Waals surface area contributed by atoms with Gasteiger partial charge in [0, 0.05) is 1.43 Å². The highest BCUT2D eigenvalue weighted by molar-refractivity contribution is 5.75. The molecule has 0 spiro atoms. The lowest BCUT2D eigenvalue weighted by Gasteiger charge is -2.18. The molecule has 0 saturated carbocycles. The predicted molar refractivity (Wildman–Crippen MR) is 56.9 cm³/mol. The minimum Gasteiger partial charge on any atom is -0.345 e. The Hall–Kier alpha value is -1.31. The summed E-state index contributed by atoms with van der Waals surface area (Å²) in [6.07, 6.45) is 1.73. The number of nitrogens with zero attached hydrogens (tertiary/aromatic N) is 1. The summed E-state index contributed by atoms with van der Waals surface area (Å²) in [7, 11) is 0. The van der Waals surface area contributed by atoms with Crippen LogP contribution in [0, 0.1) is 0 Å². The maximum Gasteiger partial charge on any atom is 0.0931 e. The number of imidazole rings is 1. The lowest BCUT2D eigenvalue weighted by Crippen LogP contribution is -2.10. The molecule has 1 aromatic carbocycles. The van der Waals surface area contributed by atoms with Crippen LogP contribution in [0.1, 0.15) is 27.8 Å². The Morgan fingerprint density at radius 3 is 2.77 bits per heavy atom. The summed E-state index contributed by atoms with van der Waals surface area (Å²) in [5, 5.41) is 0. The van der Waals surface area contributed by atoms with E-state index in [1.54, 1.807) is 6.33 Å². The van der Waals surface area contributed by atoms with Gasteiger partial charge in [-0.25, -0.2) is 4.98 Å². The number of aromatic amines is 1. The summed E-state index contributed by atoms with van der Waals surface area (Å²) in [6, 6.07) is 6.37. The number of nitrogens with one attached hydrogen (secondary N) is 1. The third kappa shape index (κ3) is 1.44. The van der Waals surface area contributed by atoms with Crippen LogP contribution in [-0.2, 0) is 5.41 Å². The van der Waals surface area contributed by atoms with Crippen LogP contribution >= 0.6 is 0 Å². The van der Waals surface area contributed by atoms with E-state index in [0.717, 1.165) is 11.0 Å². The molecule has 0 saturated heterocycles. The van der Waals surface area contributed by atoms with Gasteiger partial charge in [-0.15, -0.1) is 0 Å². The van der Waals surface area contributed by atoms with E-state index in [9.17, 15) is 0 Å². The van der Waals surface area contributed by atoms with Gasteiger partial charge in [-0.05, 0) is 23.1 Å². The van der Waals surface area contributed by atoms with Gasteiger partial charge in [-0.2, -0.15) is 0 Å². The molecule has 1 N–H and O–H groups in total. The molecule has 0 aliphatic heterocycles. The summed E-state index contributed by atoms with van der Waals surface area (Å²) < 4.78 is 0. The number of hydrogen-bond acceptors (Lipinski definition) is 1. The molecule has 0 aliphatic rings. The summed E-state index contributed by atoms with van der Waals surface area (Å²) in [4.78, 5) is 7.31. The average Bonchev–Trinajstić information content (AvgIpc) is 2.47. The standard InChI is InChI=1S/C11H14N2.H2/c1-11(2,3)8-4-5-9-10(6-8)13-7-12-9;/h4-7H,1-3H3,(H,12,13);1H. The van der Waals surface area contributed by atoms with E-state index in [4.69, 9.17) is 0 Å². The monoisotopic (exact) mass is 176 g/mol. The second kappa shape index (κ2) is 2.59. The molecule has 2 nitrogen and oxygen atoms in total. The maximum atomic E-state index is 4.19. The van der Waals surface area contributed by atoms with Gasteiger partial charge in [0.2, 0.25) is 0 Å². The SMILES string of the molecule is CC(C)(C)c1ccc2nc[nH]c2c1.[HH]. The van der Waals surface area contributed by atoms with Crippen molar-refractivity contribution in [2.45, 2.75) is 26.2 Å². The third-order valence-electron chi connectivity index (χ3n) is 2.29. The molecule has 1 aromatic heterocycles. The van der Waals surface area contributed by atoms with E-state index < -0.39 is 0 Å². The van der Waals surface area contributed by atoms with E-state index in [2.05, 4.69) is 48.9 Å². The molecule has 1 heterocycles. The van der Waals surface area contributed by atoms with Gasteiger partial charge in [0.05, 0.1) is 17.4 Å². The summed E-state index contributed by atoms with van der Waals surface area (Å²) >= 11 is 0. The Bertz CT molecular complexity index is 426. The molecule has 0 bridgehead atoms. The predicted octanol–water partition coefficient (Wildman–Crippen LogP) is 3.11. The number of benzene rings is 1. The topological polar surface area (TPSA) is 28.7 Å². The zero-order valence-corrected chi connectivity index (χ0v) is 8.26. The first-order chi connectivity index (χ1) is 6.07. The fourth-order valence-electron chi connectivity index (χ4n) is 1.40. The Labute approximate surface area is 79.5 Å². The largest absolute Gasteiger partial charge is 0.345 e. The zero-order chi connectivity index (χ0) is 9.47. The van der Waals surface area contributed by atoms with Crippen LogP contribution in [0.15, 0.2) is 24.5 Å². The van der Waals surface area contributed by atoms with Crippen LogP contribution < -0.4 is 0 Å². The maximum absolute atomic E-state index is 4.19. The van der Waals surface area contributed by atoms with Crippen molar-refractivity contribution in [2.75, 3.05) is 0 Å². The van der Waals surface area contributed by atoms with Gasteiger partial charge < -0.3 is 4.98 Å².